The zero-order chi connectivity index (χ0) is 37.5. The third-order valence-electron chi connectivity index (χ3n) is 11.7. The van der Waals surface area contributed by atoms with E-state index in [4.69, 9.17) is 4.42 Å². The summed E-state index contributed by atoms with van der Waals surface area (Å²) in [6.45, 7) is 0. The molecule has 0 bridgehead atoms. The molecule has 3 heteroatoms. The van der Waals surface area contributed by atoms with Crippen LogP contribution < -0.4 is 0 Å². The van der Waals surface area contributed by atoms with Gasteiger partial charge in [0.05, 0.1) is 22.1 Å². The van der Waals surface area contributed by atoms with Gasteiger partial charge < -0.3 is 13.6 Å². The molecule has 3 heterocycles. The van der Waals surface area contributed by atoms with Crippen LogP contribution in [-0.2, 0) is 0 Å². The van der Waals surface area contributed by atoms with Crippen LogP contribution >= 0.6 is 0 Å². The Kier molecular flexibility index (Phi) is 6.93. The third kappa shape index (κ3) is 4.92. The van der Waals surface area contributed by atoms with Crippen molar-refractivity contribution < 1.29 is 4.42 Å². The SMILES string of the molecule is c1ccc2c(c1)oc1c(-c3cc(-c4ccc(-n5c6ccccc6c6ccccc65)cc4)cc(-c4ccc(-n5c6ccccc6c6ccccc65)cc4)c3)cccc12. The molecule has 0 aliphatic carbocycles. The number of aromatic nitrogens is 2. The van der Waals surface area contributed by atoms with E-state index in [1.807, 2.05) is 6.07 Å². The molecule has 9 aromatic carbocycles. The largest absolute Gasteiger partial charge is 0.455 e. The Labute approximate surface area is 328 Å². The van der Waals surface area contributed by atoms with Gasteiger partial charge in [0.2, 0.25) is 0 Å². The molecule has 0 atom stereocenters. The molecule has 0 radical (unpaired) electrons. The molecule has 0 fully saturated rings. The highest BCUT2D eigenvalue weighted by molar-refractivity contribution is 6.11. The molecule has 0 saturated carbocycles. The second-order valence-electron chi connectivity index (χ2n) is 14.9. The maximum absolute atomic E-state index is 6.58. The maximum Gasteiger partial charge on any atom is 0.143 e. The van der Waals surface area contributed by atoms with E-state index in [0.29, 0.717) is 0 Å². The van der Waals surface area contributed by atoms with Crippen LogP contribution in [0.3, 0.4) is 0 Å². The molecule has 0 aliphatic rings. The van der Waals surface area contributed by atoms with Crippen molar-refractivity contribution in [3.63, 3.8) is 0 Å². The Hall–Kier alpha value is -7.62. The number of furan rings is 1. The molecule has 0 amide bonds. The first-order valence-electron chi connectivity index (χ1n) is 19.5. The molecule has 266 valence electrons. The molecule has 0 saturated heterocycles. The molecule has 3 aromatic heterocycles. The molecule has 57 heavy (non-hydrogen) atoms. The monoisotopic (exact) mass is 726 g/mol. The highest BCUT2D eigenvalue weighted by atomic mass is 16.3. The first-order chi connectivity index (χ1) is 28.3. The van der Waals surface area contributed by atoms with Gasteiger partial charge in [0, 0.05) is 49.3 Å². The molecule has 0 unspecified atom stereocenters. The lowest BCUT2D eigenvalue weighted by atomic mass is 9.92. The van der Waals surface area contributed by atoms with Crippen LogP contribution in [0.2, 0.25) is 0 Å². The summed E-state index contributed by atoms with van der Waals surface area (Å²) in [6.07, 6.45) is 0. The van der Waals surface area contributed by atoms with Crippen molar-refractivity contribution >= 4 is 65.6 Å². The van der Waals surface area contributed by atoms with Gasteiger partial charge in [-0.2, -0.15) is 0 Å². The number of fused-ring (bicyclic) bond motifs is 9. The van der Waals surface area contributed by atoms with Crippen LogP contribution in [0.1, 0.15) is 0 Å². The minimum Gasteiger partial charge on any atom is -0.455 e. The lowest BCUT2D eigenvalue weighted by Gasteiger charge is -2.14. The fourth-order valence-corrected chi connectivity index (χ4v) is 9.10. The lowest BCUT2D eigenvalue weighted by molar-refractivity contribution is 0.670. The molecular weight excluding hydrogens is 693 g/mol. The normalized spacial score (nSPS) is 11.9. The van der Waals surface area contributed by atoms with Crippen molar-refractivity contribution in [3.05, 3.63) is 206 Å². The van der Waals surface area contributed by atoms with E-state index in [9.17, 15) is 0 Å². The number of para-hydroxylation sites is 6. The van der Waals surface area contributed by atoms with E-state index in [-0.39, 0.29) is 0 Å². The van der Waals surface area contributed by atoms with Crippen molar-refractivity contribution in [2.45, 2.75) is 0 Å². The van der Waals surface area contributed by atoms with Crippen molar-refractivity contribution in [3.8, 4) is 44.8 Å². The summed E-state index contributed by atoms with van der Waals surface area (Å²) in [5, 5.41) is 7.31. The molecule has 3 nitrogen and oxygen atoms in total. The van der Waals surface area contributed by atoms with Crippen molar-refractivity contribution in [1.82, 2.24) is 9.13 Å². The van der Waals surface area contributed by atoms with Gasteiger partial charge in [0.15, 0.2) is 0 Å². The minimum atomic E-state index is 0.901. The second-order valence-corrected chi connectivity index (χ2v) is 14.9. The fourth-order valence-electron chi connectivity index (χ4n) is 9.10. The molecule has 0 spiro atoms. The predicted octanol–water partition coefficient (Wildman–Crippen LogP) is 14.8. The van der Waals surface area contributed by atoms with Gasteiger partial charge in [-0.05, 0) is 101 Å². The van der Waals surface area contributed by atoms with E-state index < -0.39 is 0 Å². The average Bonchev–Trinajstić information content (AvgIpc) is 3.94. The van der Waals surface area contributed by atoms with Gasteiger partial charge in [-0.25, -0.2) is 0 Å². The summed E-state index contributed by atoms with van der Waals surface area (Å²) in [6, 6.07) is 74.5. The zero-order valence-corrected chi connectivity index (χ0v) is 30.9. The number of hydrogen-bond donors (Lipinski definition) is 0. The summed E-state index contributed by atoms with van der Waals surface area (Å²) < 4.78 is 11.3. The zero-order valence-electron chi connectivity index (χ0n) is 30.9. The first kappa shape index (κ1) is 31.7. The summed E-state index contributed by atoms with van der Waals surface area (Å²) in [5.41, 5.74) is 15.7. The van der Waals surface area contributed by atoms with Crippen LogP contribution in [0.5, 0.6) is 0 Å². The number of benzene rings is 9. The van der Waals surface area contributed by atoms with Gasteiger partial charge in [-0.1, -0.05) is 133 Å². The molecule has 0 aliphatic heterocycles. The Morgan fingerprint density at radius 2 is 0.667 bits per heavy atom. The first-order valence-corrected chi connectivity index (χ1v) is 19.5. The number of hydrogen-bond acceptors (Lipinski definition) is 1. The van der Waals surface area contributed by atoms with Crippen LogP contribution in [0, 0.1) is 0 Å². The van der Waals surface area contributed by atoms with Crippen LogP contribution in [-0.4, -0.2) is 9.13 Å². The molecule has 0 N–H and O–H groups in total. The summed E-state index contributed by atoms with van der Waals surface area (Å²) in [5.74, 6) is 0. The smallest absolute Gasteiger partial charge is 0.143 e. The van der Waals surface area contributed by atoms with E-state index in [1.165, 1.54) is 43.6 Å². The Balaban J connectivity index is 1.01. The van der Waals surface area contributed by atoms with Gasteiger partial charge in [-0.3, -0.25) is 0 Å². The van der Waals surface area contributed by atoms with Gasteiger partial charge in [0.1, 0.15) is 11.2 Å². The molecule has 12 aromatic rings. The summed E-state index contributed by atoms with van der Waals surface area (Å²) in [7, 11) is 0. The van der Waals surface area contributed by atoms with Crippen LogP contribution in [0.15, 0.2) is 211 Å². The molecular formula is C54H34N2O. The van der Waals surface area contributed by atoms with E-state index in [1.54, 1.807) is 0 Å². The van der Waals surface area contributed by atoms with E-state index in [2.05, 4.69) is 209 Å². The van der Waals surface area contributed by atoms with Crippen LogP contribution in [0.4, 0.5) is 0 Å². The predicted molar refractivity (Wildman–Crippen MR) is 239 cm³/mol. The van der Waals surface area contributed by atoms with Crippen molar-refractivity contribution in [2.75, 3.05) is 0 Å². The standard InChI is InChI=1S/C54H34N2O/c1-6-19-49-43(12-1)44-13-2-7-20-50(44)55(49)40-28-24-35(25-29-40)37-32-38(34-39(33-37)42-17-11-18-48-47-16-5-10-23-53(47)57-54(42)48)36-26-30-41(31-27-36)56-51-21-8-3-14-45(51)46-15-4-9-22-52(46)56/h1-34H. The van der Waals surface area contributed by atoms with Gasteiger partial charge in [-0.15, -0.1) is 0 Å². The summed E-state index contributed by atoms with van der Waals surface area (Å²) in [4.78, 5) is 0. The highest BCUT2D eigenvalue weighted by Crippen LogP contribution is 2.40. The summed E-state index contributed by atoms with van der Waals surface area (Å²) >= 11 is 0. The lowest BCUT2D eigenvalue weighted by Crippen LogP contribution is -1.94. The quantitative estimate of drug-likeness (QED) is 0.173. The van der Waals surface area contributed by atoms with Gasteiger partial charge >= 0.3 is 0 Å². The fraction of sp³-hybridized carbons (Fsp3) is 0. The second kappa shape index (κ2) is 12.5. The van der Waals surface area contributed by atoms with Crippen LogP contribution in [0.25, 0.3) is 110 Å². The topological polar surface area (TPSA) is 23.0 Å². The van der Waals surface area contributed by atoms with E-state index in [0.717, 1.165) is 66.7 Å². The highest BCUT2D eigenvalue weighted by Gasteiger charge is 2.17. The average molecular weight is 727 g/mol. The Bertz CT molecular complexity index is 3220. The van der Waals surface area contributed by atoms with Crippen molar-refractivity contribution in [1.29, 1.82) is 0 Å². The maximum atomic E-state index is 6.58. The number of rotatable bonds is 5. The van der Waals surface area contributed by atoms with Crippen molar-refractivity contribution in [2.24, 2.45) is 0 Å². The van der Waals surface area contributed by atoms with Gasteiger partial charge in [0.25, 0.3) is 0 Å². The molecule has 12 rings (SSSR count). The number of nitrogens with zero attached hydrogens (tertiary/aromatic N) is 2. The third-order valence-corrected chi connectivity index (χ3v) is 11.7. The minimum absolute atomic E-state index is 0.901. The Morgan fingerprint density at radius 1 is 0.281 bits per heavy atom. The Morgan fingerprint density at radius 3 is 1.14 bits per heavy atom. The van der Waals surface area contributed by atoms with E-state index >= 15 is 0 Å².